The van der Waals surface area contributed by atoms with Gasteiger partial charge >= 0.3 is 0 Å². The van der Waals surface area contributed by atoms with Gasteiger partial charge in [-0.05, 0) is 43.1 Å². The van der Waals surface area contributed by atoms with Crippen molar-refractivity contribution in [3.63, 3.8) is 0 Å². The zero-order valence-electron chi connectivity index (χ0n) is 12.3. The van der Waals surface area contributed by atoms with E-state index < -0.39 is 8.32 Å². The Morgan fingerprint density at radius 2 is 1.95 bits per heavy atom. The summed E-state index contributed by atoms with van der Waals surface area (Å²) in [6, 6.07) is 7.23. The van der Waals surface area contributed by atoms with Gasteiger partial charge in [-0.1, -0.05) is 26.0 Å². The second-order valence-corrected chi connectivity index (χ2v) is 10.5. The normalized spacial score (nSPS) is 12.3. The molecule has 0 fully saturated rings. The van der Waals surface area contributed by atoms with Crippen LogP contribution in [0.4, 0.5) is 0 Å². The second-order valence-electron chi connectivity index (χ2n) is 6.05. The van der Waals surface area contributed by atoms with Crippen molar-refractivity contribution in [3.05, 3.63) is 29.8 Å². The molecule has 3 nitrogen and oxygen atoms in total. The average Bonchev–Trinajstić information content (AvgIpc) is 2.33. The molecule has 0 aliphatic carbocycles. The maximum absolute atomic E-state index is 10.8. The molecule has 106 valence electrons. The maximum atomic E-state index is 10.8. The minimum Gasteiger partial charge on any atom is -0.493 e. The largest absolute Gasteiger partial charge is 0.493 e. The number of rotatable bonds is 7. The molecule has 0 aliphatic heterocycles. The Labute approximate surface area is 116 Å². The Balaban J connectivity index is 2.45. The van der Waals surface area contributed by atoms with E-state index in [9.17, 15) is 9.59 Å². The molecule has 0 bridgehead atoms. The van der Waals surface area contributed by atoms with Gasteiger partial charge in [-0.25, -0.2) is 0 Å². The lowest BCUT2D eigenvalue weighted by molar-refractivity contribution is 0.111. The molecule has 0 atom stereocenters. The number of carbonyl (C=O) groups excluding carboxylic acids is 1. The lowest BCUT2D eigenvalue weighted by atomic mass is 10.1. The molecule has 19 heavy (non-hydrogen) atoms. The zero-order chi connectivity index (χ0) is 14.5. The molecule has 4 heteroatoms. The number of ether oxygens (including phenoxy) is 1. The lowest BCUT2D eigenvalue weighted by Gasteiger charge is -2.35. The summed E-state index contributed by atoms with van der Waals surface area (Å²) in [7, 11) is -2.14. The summed E-state index contributed by atoms with van der Waals surface area (Å²) in [6.07, 6.45) is 2.60. The predicted octanol–water partition coefficient (Wildman–Crippen LogP) is 3.64. The third-order valence-electron chi connectivity index (χ3n) is 3.91. The van der Waals surface area contributed by atoms with Gasteiger partial charge in [0.15, 0.2) is 14.6 Å². The van der Waals surface area contributed by atoms with E-state index in [4.69, 9.17) is 4.74 Å². The van der Waals surface area contributed by atoms with Crippen LogP contribution in [-0.2, 0) is 0 Å². The summed E-state index contributed by atoms with van der Waals surface area (Å²) in [5.74, 6) is 0.635. The molecule has 1 N–H and O–H groups in total. The molecule has 0 aromatic heterocycles. The fourth-order valence-corrected chi connectivity index (χ4v) is 2.50. The predicted molar refractivity (Wildman–Crippen MR) is 80.3 cm³/mol. The molecule has 0 radical (unpaired) electrons. The van der Waals surface area contributed by atoms with E-state index in [1.165, 1.54) is 0 Å². The van der Waals surface area contributed by atoms with Crippen molar-refractivity contribution in [2.24, 2.45) is 0 Å². The van der Waals surface area contributed by atoms with Crippen molar-refractivity contribution in [3.8, 4) is 5.75 Å². The minimum absolute atomic E-state index is 0.0272. The highest BCUT2D eigenvalue weighted by Crippen LogP contribution is 2.39. The fourth-order valence-electron chi connectivity index (χ4n) is 1.71. The third-order valence-corrected chi connectivity index (χ3v) is 7.47. The average molecular weight is 280 g/mol. The molecule has 0 amide bonds. The third kappa shape index (κ3) is 4.47. The van der Waals surface area contributed by atoms with Crippen LogP contribution in [-0.4, -0.2) is 26.0 Å². The van der Waals surface area contributed by atoms with Crippen molar-refractivity contribution >= 4 is 14.6 Å². The molecule has 0 heterocycles. The highest BCUT2D eigenvalue weighted by molar-refractivity contribution is 6.72. The van der Waals surface area contributed by atoms with E-state index in [1.54, 1.807) is 12.1 Å². The van der Waals surface area contributed by atoms with E-state index in [0.29, 0.717) is 17.9 Å². The summed E-state index contributed by atoms with van der Waals surface area (Å²) in [6.45, 7) is 8.72. The Kier molecular flexibility index (Phi) is 5.32. The van der Waals surface area contributed by atoms with Gasteiger partial charge in [-0.3, -0.25) is 4.79 Å². The van der Waals surface area contributed by atoms with E-state index in [-0.39, 0.29) is 5.04 Å². The molecule has 0 aliphatic rings. The summed E-state index contributed by atoms with van der Waals surface area (Å²) >= 11 is 0. The van der Waals surface area contributed by atoms with Gasteiger partial charge in [0, 0.05) is 0 Å². The Morgan fingerprint density at radius 3 is 2.53 bits per heavy atom. The number of para-hydroxylation sites is 1. The summed E-state index contributed by atoms with van der Waals surface area (Å²) < 4.78 is 5.64. The van der Waals surface area contributed by atoms with Gasteiger partial charge in [-0.2, -0.15) is 0 Å². The number of hydrogen-bond acceptors (Lipinski definition) is 3. The van der Waals surface area contributed by atoms with Crippen LogP contribution in [0.15, 0.2) is 24.3 Å². The molecule has 0 saturated heterocycles. The molecule has 1 aromatic carbocycles. The van der Waals surface area contributed by atoms with Gasteiger partial charge in [0.2, 0.25) is 0 Å². The van der Waals surface area contributed by atoms with Crippen molar-refractivity contribution in [2.45, 2.75) is 44.8 Å². The smallest absolute Gasteiger partial charge is 0.188 e. The van der Waals surface area contributed by atoms with Gasteiger partial charge in [0.1, 0.15) is 5.75 Å². The Bertz CT molecular complexity index is 422. The monoisotopic (exact) mass is 280 g/mol. The van der Waals surface area contributed by atoms with Gasteiger partial charge < -0.3 is 9.53 Å². The quantitative estimate of drug-likeness (QED) is 0.471. The van der Waals surface area contributed by atoms with Crippen molar-refractivity contribution in [1.29, 1.82) is 0 Å². The van der Waals surface area contributed by atoms with Crippen molar-refractivity contribution in [1.82, 2.24) is 0 Å². The van der Waals surface area contributed by atoms with E-state index in [2.05, 4.69) is 13.8 Å². The zero-order valence-corrected chi connectivity index (χ0v) is 13.3. The van der Waals surface area contributed by atoms with Crippen LogP contribution in [0.25, 0.3) is 0 Å². The van der Waals surface area contributed by atoms with E-state index >= 15 is 0 Å². The van der Waals surface area contributed by atoms with Crippen LogP contribution in [0.1, 0.15) is 37.0 Å². The van der Waals surface area contributed by atoms with Crippen molar-refractivity contribution < 1.29 is 14.3 Å². The van der Waals surface area contributed by atoms with Crippen molar-refractivity contribution in [2.75, 3.05) is 6.61 Å². The van der Waals surface area contributed by atoms with Gasteiger partial charge in [-0.15, -0.1) is 0 Å². The molecular weight excluding hydrogens is 256 g/mol. The number of carbonyl (C=O) groups is 1. The van der Waals surface area contributed by atoms with Crippen LogP contribution in [0, 0.1) is 0 Å². The molecule has 1 rings (SSSR count). The first-order valence-electron chi connectivity index (χ1n) is 6.67. The standard InChI is InChI=1S/C15H24O3Si/c1-15(2,19(3,4)17)10-7-11-18-14-9-6-5-8-13(14)12-16/h5-6,8-9,12,17H,7,10-11H2,1-4H3. The fraction of sp³-hybridized carbons (Fsp3) is 0.533. The molecule has 0 spiro atoms. The Hall–Kier alpha value is -1.13. The summed E-state index contributed by atoms with van der Waals surface area (Å²) in [5, 5.41) is -0.0272. The highest BCUT2D eigenvalue weighted by Gasteiger charge is 2.37. The maximum Gasteiger partial charge on any atom is 0.188 e. The second kappa shape index (κ2) is 6.35. The van der Waals surface area contributed by atoms with Crippen LogP contribution >= 0.6 is 0 Å². The lowest BCUT2D eigenvalue weighted by Crippen LogP contribution is -2.39. The topological polar surface area (TPSA) is 46.5 Å². The highest BCUT2D eigenvalue weighted by atomic mass is 28.4. The van der Waals surface area contributed by atoms with E-state index in [0.717, 1.165) is 19.1 Å². The molecule has 0 saturated carbocycles. The number of aldehydes is 1. The van der Waals surface area contributed by atoms with Crippen LogP contribution in [0.3, 0.4) is 0 Å². The first-order chi connectivity index (χ1) is 8.78. The van der Waals surface area contributed by atoms with Crippen LogP contribution < -0.4 is 4.74 Å². The van der Waals surface area contributed by atoms with Crippen LogP contribution in [0.2, 0.25) is 18.1 Å². The van der Waals surface area contributed by atoms with Gasteiger partial charge in [0.25, 0.3) is 0 Å². The van der Waals surface area contributed by atoms with Crippen LogP contribution in [0.5, 0.6) is 5.75 Å². The molecule has 1 aromatic rings. The SMILES string of the molecule is CC(C)(CCCOc1ccccc1C=O)[Si](C)(C)O. The van der Waals surface area contributed by atoms with Gasteiger partial charge in [0.05, 0.1) is 12.2 Å². The number of hydrogen-bond donors (Lipinski definition) is 1. The summed E-state index contributed by atoms with van der Waals surface area (Å²) in [5.41, 5.74) is 0.582. The molecular formula is C15H24O3Si. The first kappa shape index (κ1) is 15.9. The first-order valence-corrected chi connectivity index (χ1v) is 9.62. The summed E-state index contributed by atoms with van der Waals surface area (Å²) in [4.78, 5) is 21.0. The Morgan fingerprint density at radius 1 is 1.32 bits per heavy atom. The molecule has 0 unspecified atom stereocenters. The minimum atomic E-state index is -2.14. The van der Waals surface area contributed by atoms with E-state index in [1.807, 2.05) is 25.2 Å². The number of benzene rings is 1.